The summed E-state index contributed by atoms with van der Waals surface area (Å²) in [5, 5.41) is 32.6. The first kappa shape index (κ1) is 24.0. The molecule has 4 saturated carbocycles. The van der Waals surface area contributed by atoms with Crippen molar-refractivity contribution >= 4 is 11.9 Å². The Hall–Kier alpha value is -1.14. The maximum absolute atomic E-state index is 12.0. The van der Waals surface area contributed by atoms with Gasteiger partial charge in [-0.1, -0.05) is 20.8 Å². The molecule has 4 aliphatic carbocycles. The summed E-state index contributed by atoms with van der Waals surface area (Å²) in [4.78, 5) is 22.7. The van der Waals surface area contributed by atoms with E-state index in [1.54, 1.807) is 0 Å². The van der Waals surface area contributed by atoms with Crippen LogP contribution < -0.4 is 5.32 Å². The topological polar surface area (TPSA) is 107 Å². The first-order valence-corrected chi connectivity index (χ1v) is 12.9. The Morgan fingerprint density at radius 3 is 2.38 bits per heavy atom. The molecule has 6 heteroatoms. The van der Waals surface area contributed by atoms with Crippen molar-refractivity contribution in [1.82, 2.24) is 5.32 Å². The Bertz CT molecular complexity index is 727. The van der Waals surface area contributed by atoms with Crippen LogP contribution in [-0.4, -0.2) is 45.9 Å². The van der Waals surface area contributed by atoms with Crippen LogP contribution in [0.15, 0.2) is 0 Å². The van der Waals surface area contributed by atoms with Crippen molar-refractivity contribution < 1.29 is 24.9 Å². The van der Waals surface area contributed by atoms with Crippen molar-refractivity contribution in [1.29, 1.82) is 0 Å². The van der Waals surface area contributed by atoms with Gasteiger partial charge in [0.1, 0.15) is 6.54 Å². The monoisotopic (exact) mass is 449 g/mol. The number of fused-ring (bicyclic) bond motifs is 5. The van der Waals surface area contributed by atoms with Crippen molar-refractivity contribution in [2.75, 3.05) is 6.54 Å². The highest BCUT2D eigenvalue weighted by atomic mass is 16.4. The molecule has 0 aromatic heterocycles. The molecule has 4 fully saturated rings. The van der Waals surface area contributed by atoms with Crippen LogP contribution in [0.3, 0.4) is 0 Å². The van der Waals surface area contributed by atoms with Crippen molar-refractivity contribution in [3.05, 3.63) is 0 Å². The summed E-state index contributed by atoms with van der Waals surface area (Å²) < 4.78 is 0. The van der Waals surface area contributed by atoms with Gasteiger partial charge in [-0.15, -0.1) is 0 Å². The fourth-order valence-corrected chi connectivity index (χ4v) is 9.08. The van der Waals surface area contributed by atoms with E-state index < -0.39 is 5.97 Å². The largest absolute Gasteiger partial charge is 0.480 e. The number of hydrogen-bond donors (Lipinski definition) is 4. The van der Waals surface area contributed by atoms with E-state index in [0.29, 0.717) is 36.0 Å². The highest BCUT2D eigenvalue weighted by Crippen LogP contribution is 2.68. The summed E-state index contributed by atoms with van der Waals surface area (Å²) >= 11 is 0. The Morgan fingerprint density at radius 1 is 0.969 bits per heavy atom. The fourth-order valence-electron chi connectivity index (χ4n) is 9.08. The Labute approximate surface area is 192 Å². The summed E-state index contributed by atoms with van der Waals surface area (Å²) in [6.45, 7) is 6.83. The lowest BCUT2D eigenvalue weighted by Gasteiger charge is -2.62. The fraction of sp³-hybridized carbons (Fsp3) is 0.923. The van der Waals surface area contributed by atoms with Gasteiger partial charge in [-0.3, -0.25) is 9.59 Å². The quantitative estimate of drug-likeness (QED) is 0.496. The lowest BCUT2D eigenvalue weighted by atomic mass is 9.44. The third kappa shape index (κ3) is 4.11. The number of rotatable bonds is 6. The zero-order chi connectivity index (χ0) is 23.3. The molecule has 0 saturated heterocycles. The molecule has 4 rings (SSSR count). The predicted octanol–water partition coefficient (Wildman–Crippen LogP) is 3.59. The molecule has 0 aromatic carbocycles. The van der Waals surface area contributed by atoms with E-state index in [1.165, 1.54) is 25.7 Å². The summed E-state index contributed by atoms with van der Waals surface area (Å²) in [6, 6.07) is 0. The van der Waals surface area contributed by atoms with Crippen LogP contribution in [0.25, 0.3) is 0 Å². The van der Waals surface area contributed by atoms with Crippen LogP contribution in [0.2, 0.25) is 0 Å². The summed E-state index contributed by atoms with van der Waals surface area (Å²) in [7, 11) is 0. The lowest BCUT2D eigenvalue weighted by molar-refractivity contribution is -0.172. The van der Waals surface area contributed by atoms with E-state index in [0.717, 1.165) is 32.1 Å². The highest BCUT2D eigenvalue weighted by molar-refractivity contribution is 5.81. The van der Waals surface area contributed by atoms with Crippen LogP contribution in [-0.2, 0) is 9.59 Å². The van der Waals surface area contributed by atoms with Crippen LogP contribution in [0.1, 0.15) is 85.0 Å². The number of aliphatic hydroxyl groups excluding tert-OH is 2. The number of carboxylic acids is 1. The van der Waals surface area contributed by atoms with Crippen molar-refractivity contribution in [3.63, 3.8) is 0 Å². The van der Waals surface area contributed by atoms with E-state index in [2.05, 4.69) is 26.1 Å². The minimum atomic E-state index is -1.01. The molecule has 4 aliphatic rings. The number of amides is 1. The zero-order valence-electron chi connectivity index (χ0n) is 20.1. The van der Waals surface area contributed by atoms with Crippen molar-refractivity contribution in [2.24, 2.45) is 46.3 Å². The van der Waals surface area contributed by atoms with E-state index in [9.17, 15) is 19.8 Å². The molecule has 0 aromatic rings. The maximum Gasteiger partial charge on any atom is 0.322 e. The number of aliphatic hydroxyl groups is 2. The number of hydrogen-bond acceptors (Lipinski definition) is 4. The molecule has 32 heavy (non-hydrogen) atoms. The van der Waals surface area contributed by atoms with E-state index in [1.807, 2.05) is 0 Å². The molecule has 8 unspecified atom stereocenters. The summed E-state index contributed by atoms with van der Waals surface area (Å²) in [5.41, 5.74) is 0.407. The molecular weight excluding hydrogens is 406 g/mol. The first-order valence-electron chi connectivity index (χ1n) is 12.9. The van der Waals surface area contributed by atoms with E-state index >= 15 is 0 Å². The van der Waals surface area contributed by atoms with Gasteiger partial charge in [0.25, 0.3) is 0 Å². The van der Waals surface area contributed by atoms with Gasteiger partial charge >= 0.3 is 5.97 Å². The predicted molar refractivity (Wildman–Crippen MR) is 122 cm³/mol. The maximum atomic E-state index is 12.0. The van der Waals surface area contributed by atoms with E-state index in [-0.39, 0.29) is 41.4 Å². The van der Waals surface area contributed by atoms with Crippen molar-refractivity contribution in [2.45, 2.75) is 97.2 Å². The van der Waals surface area contributed by atoms with Gasteiger partial charge in [0.05, 0.1) is 12.2 Å². The van der Waals surface area contributed by atoms with E-state index in [4.69, 9.17) is 5.11 Å². The second kappa shape index (κ2) is 8.90. The van der Waals surface area contributed by atoms with Gasteiger partial charge < -0.3 is 20.6 Å². The molecule has 182 valence electrons. The molecule has 0 radical (unpaired) electrons. The lowest BCUT2D eigenvalue weighted by Crippen LogP contribution is -2.58. The summed E-state index contributed by atoms with van der Waals surface area (Å²) in [5.74, 6) is 1.92. The molecule has 0 spiro atoms. The van der Waals surface area contributed by atoms with Crippen LogP contribution in [0, 0.1) is 46.3 Å². The van der Waals surface area contributed by atoms with Crippen LogP contribution in [0.4, 0.5) is 0 Å². The molecular formula is C26H43NO5. The Kier molecular flexibility index (Phi) is 6.68. The average molecular weight is 450 g/mol. The number of carbonyl (C=O) groups excluding carboxylic acids is 1. The number of nitrogens with one attached hydrogen (secondary N) is 1. The minimum Gasteiger partial charge on any atom is -0.480 e. The number of aliphatic carboxylic acids is 1. The molecule has 1 amide bonds. The minimum absolute atomic E-state index is 0.148. The normalized spacial score (nSPS) is 46.5. The highest BCUT2D eigenvalue weighted by Gasteiger charge is 2.62. The van der Waals surface area contributed by atoms with Gasteiger partial charge in [-0.2, -0.15) is 0 Å². The van der Waals surface area contributed by atoms with Gasteiger partial charge in [-0.05, 0) is 104 Å². The molecule has 10 atom stereocenters. The van der Waals surface area contributed by atoms with Crippen LogP contribution >= 0.6 is 0 Å². The zero-order valence-corrected chi connectivity index (χ0v) is 20.1. The Balaban J connectivity index is 1.43. The molecule has 4 N–H and O–H groups in total. The third-order valence-electron chi connectivity index (χ3n) is 10.7. The molecule has 6 nitrogen and oxygen atoms in total. The number of carboxylic acid groups (broad SMARTS) is 1. The van der Waals surface area contributed by atoms with Gasteiger partial charge in [0.15, 0.2) is 0 Å². The molecule has 0 bridgehead atoms. The SMILES string of the molecule is CC(CCC(=O)NCC(=O)O)C1CCC2C3CC(O)C4CC(O)CC[C@]4(C)C3CC[C@]12C. The molecule has 0 aliphatic heterocycles. The van der Waals surface area contributed by atoms with Crippen LogP contribution in [0.5, 0.6) is 0 Å². The third-order valence-corrected chi connectivity index (χ3v) is 10.7. The second-order valence-corrected chi connectivity index (χ2v) is 12.1. The first-order chi connectivity index (χ1) is 15.1. The van der Waals surface area contributed by atoms with Crippen molar-refractivity contribution in [3.8, 4) is 0 Å². The Morgan fingerprint density at radius 2 is 1.66 bits per heavy atom. The average Bonchev–Trinajstić information content (AvgIpc) is 3.09. The standard InChI is InChI=1S/C26H43NO5/c1-15(4-7-23(30)27-14-24(31)32)18-5-6-19-17-13-22(29)21-12-16(28)8-10-26(21,3)20(17)9-11-25(18,19)2/h15-22,28-29H,4-14H2,1-3H3,(H,27,30)(H,31,32)/t15?,16?,17?,18?,19?,20?,21?,22?,25-,26-/m1/s1. The van der Waals surface area contributed by atoms with Gasteiger partial charge in [0, 0.05) is 6.42 Å². The second-order valence-electron chi connectivity index (χ2n) is 12.1. The smallest absolute Gasteiger partial charge is 0.322 e. The molecule has 0 heterocycles. The summed E-state index contributed by atoms with van der Waals surface area (Å²) in [6.07, 6.45) is 9.03. The number of carbonyl (C=O) groups is 2. The van der Waals surface area contributed by atoms with Gasteiger partial charge in [0.2, 0.25) is 5.91 Å². The van der Waals surface area contributed by atoms with Gasteiger partial charge in [-0.25, -0.2) is 0 Å².